The van der Waals surface area contributed by atoms with Crippen molar-refractivity contribution in [1.82, 2.24) is 0 Å². The van der Waals surface area contributed by atoms with Gasteiger partial charge >= 0.3 is 0 Å². The molecule has 1 fully saturated rings. The molecule has 0 radical (unpaired) electrons. The molecule has 0 bridgehead atoms. The number of thioether (sulfide) groups is 1. The summed E-state index contributed by atoms with van der Waals surface area (Å²) in [7, 11) is 0. The van der Waals surface area contributed by atoms with Crippen LogP contribution in [0.4, 0.5) is 0 Å². The molecule has 1 aliphatic rings. The molecule has 0 aromatic heterocycles. The van der Waals surface area contributed by atoms with Crippen molar-refractivity contribution in [1.29, 1.82) is 0 Å². The van der Waals surface area contributed by atoms with Crippen LogP contribution in [-0.2, 0) is 4.74 Å². The third kappa shape index (κ3) is 2.57. The molecular weight excluding hydrogens is 256 g/mol. The van der Waals surface area contributed by atoms with Gasteiger partial charge in [0, 0.05) is 5.56 Å². The molecule has 1 heterocycles. The van der Waals surface area contributed by atoms with E-state index < -0.39 is 0 Å². The van der Waals surface area contributed by atoms with Gasteiger partial charge in [0.1, 0.15) is 6.10 Å². The summed E-state index contributed by atoms with van der Waals surface area (Å²) in [6.45, 7) is 0. The molecule has 2 unspecified atom stereocenters. The Kier molecular flexibility index (Phi) is 3.67. The Balaban J connectivity index is 1.86. The average Bonchev–Trinajstić information content (AvgIpc) is 2.98. The molecule has 96 valence electrons. The SMILES string of the molecule is O=C(c1ccccc1)C1OCSC1c1ccccc1. The predicted octanol–water partition coefficient (Wildman–Crippen LogP) is 3.70. The van der Waals surface area contributed by atoms with Crippen LogP contribution in [0.25, 0.3) is 0 Å². The summed E-state index contributed by atoms with van der Waals surface area (Å²) in [4.78, 5) is 12.5. The van der Waals surface area contributed by atoms with Crippen molar-refractivity contribution < 1.29 is 9.53 Å². The fraction of sp³-hybridized carbons (Fsp3) is 0.188. The molecule has 3 heteroatoms. The molecule has 2 nitrogen and oxygen atoms in total. The van der Waals surface area contributed by atoms with E-state index in [9.17, 15) is 4.79 Å². The highest BCUT2D eigenvalue weighted by atomic mass is 32.2. The molecule has 2 atom stereocenters. The van der Waals surface area contributed by atoms with Crippen LogP contribution in [0, 0.1) is 0 Å². The lowest BCUT2D eigenvalue weighted by atomic mass is 9.99. The fourth-order valence-electron chi connectivity index (χ4n) is 2.25. The molecule has 0 spiro atoms. The first-order chi connectivity index (χ1) is 9.36. The standard InChI is InChI=1S/C16H14O2S/c17-14(12-7-3-1-4-8-12)15-16(19-11-18-15)13-9-5-2-6-10-13/h1-10,15-16H,11H2. The monoisotopic (exact) mass is 270 g/mol. The van der Waals surface area contributed by atoms with Gasteiger partial charge in [-0.1, -0.05) is 60.7 Å². The molecule has 2 aromatic rings. The summed E-state index contributed by atoms with van der Waals surface area (Å²) in [5.41, 5.74) is 1.87. The van der Waals surface area contributed by atoms with E-state index >= 15 is 0 Å². The van der Waals surface area contributed by atoms with Crippen LogP contribution in [0.15, 0.2) is 60.7 Å². The number of Topliss-reactive ketones (excluding diaryl/α,β-unsaturated/α-hetero) is 1. The van der Waals surface area contributed by atoms with Crippen molar-refractivity contribution in [2.45, 2.75) is 11.4 Å². The Morgan fingerprint density at radius 2 is 1.63 bits per heavy atom. The molecule has 3 rings (SSSR count). The third-order valence-electron chi connectivity index (χ3n) is 3.21. The van der Waals surface area contributed by atoms with Crippen molar-refractivity contribution in [3.63, 3.8) is 0 Å². The first kappa shape index (κ1) is 12.5. The lowest BCUT2D eigenvalue weighted by Crippen LogP contribution is -2.25. The number of benzene rings is 2. The van der Waals surface area contributed by atoms with Crippen molar-refractivity contribution in [3.05, 3.63) is 71.8 Å². The van der Waals surface area contributed by atoms with Gasteiger partial charge in [-0.05, 0) is 5.56 Å². The summed E-state index contributed by atoms with van der Waals surface area (Å²) >= 11 is 1.68. The second-order valence-corrected chi connectivity index (χ2v) is 5.51. The Morgan fingerprint density at radius 3 is 2.32 bits per heavy atom. The zero-order valence-electron chi connectivity index (χ0n) is 10.4. The van der Waals surface area contributed by atoms with Gasteiger partial charge in [0.25, 0.3) is 0 Å². The zero-order valence-corrected chi connectivity index (χ0v) is 11.2. The number of ketones is 1. The van der Waals surface area contributed by atoms with Crippen molar-refractivity contribution in [2.75, 3.05) is 5.94 Å². The lowest BCUT2D eigenvalue weighted by Gasteiger charge is -2.16. The number of carbonyl (C=O) groups is 1. The quantitative estimate of drug-likeness (QED) is 0.795. The van der Waals surface area contributed by atoms with Crippen LogP contribution in [-0.4, -0.2) is 17.8 Å². The molecule has 1 aliphatic heterocycles. The summed E-state index contributed by atoms with van der Waals surface area (Å²) in [6, 6.07) is 19.5. The number of hydrogen-bond donors (Lipinski definition) is 0. The minimum Gasteiger partial charge on any atom is -0.358 e. The van der Waals surface area contributed by atoms with E-state index in [1.807, 2.05) is 48.5 Å². The second kappa shape index (κ2) is 5.59. The van der Waals surface area contributed by atoms with Crippen molar-refractivity contribution in [3.8, 4) is 0 Å². The van der Waals surface area contributed by atoms with E-state index in [1.54, 1.807) is 11.8 Å². The Bertz CT molecular complexity index is 553. The van der Waals surface area contributed by atoms with Crippen LogP contribution in [0.2, 0.25) is 0 Å². The molecule has 0 N–H and O–H groups in total. The average molecular weight is 270 g/mol. The van der Waals surface area contributed by atoms with Gasteiger partial charge in [0.15, 0.2) is 5.78 Å². The Morgan fingerprint density at radius 1 is 1.00 bits per heavy atom. The highest BCUT2D eigenvalue weighted by Crippen LogP contribution is 2.40. The van der Waals surface area contributed by atoms with Crippen molar-refractivity contribution in [2.24, 2.45) is 0 Å². The first-order valence-corrected chi connectivity index (χ1v) is 7.28. The van der Waals surface area contributed by atoms with Crippen LogP contribution in [0.5, 0.6) is 0 Å². The first-order valence-electron chi connectivity index (χ1n) is 6.23. The molecule has 19 heavy (non-hydrogen) atoms. The van der Waals surface area contributed by atoms with Crippen LogP contribution >= 0.6 is 11.8 Å². The fourth-order valence-corrected chi connectivity index (χ4v) is 3.35. The predicted molar refractivity (Wildman–Crippen MR) is 77.3 cm³/mol. The highest BCUT2D eigenvalue weighted by molar-refractivity contribution is 7.99. The van der Waals surface area contributed by atoms with E-state index in [0.29, 0.717) is 5.94 Å². The van der Waals surface area contributed by atoms with Crippen LogP contribution < -0.4 is 0 Å². The van der Waals surface area contributed by atoms with Gasteiger partial charge in [-0.15, -0.1) is 11.8 Å². The lowest BCUT2D eigenvalue weighted by molar-refractivity contribution is 0.0621. The topological polar surface area (TPSA) is 26.3 Å². The van der Waals surface area contributed by atoms with Crippen LogP contribution in [0.1, 0.15) is 21.2 Å². The Labute approximate surface area is 116 Å². The van der Waals surface area contributed by atoms with Crippen LogP contribution in [0.3, 0.4) is 0 Å². The summed E-state index contributed by atoms with van der Waals surface area (Å²) in [6.07, 6.45) is -0.380. The van der Waals surface area contributed by atoms with E-state index in [0.717, 1.165) is 11.1 Å². The second-order valence-electron chi connectivity index (χ2n) is 4.43. The van der Waals surface area contributed by atoms with Gasteiger partial charge in [-0.25, -0.2) is 0 Å². The van der Waals surface area contributed by atoms with Gasteiger partial charge < -0.3 is 4.74 Å². The third-order valence-corrected chi connectivity index (χ3v) is 4.37. The highest BCUT2D eigenvalue weighted by Gasteiger charge is 2.36. The maximum atomic E-state index is 12.5. The molecule has 0 amide bonds. The Hall–Kier alpha value is -1.58. The minimum atomic E-state index is -0.380. The van der Waals surface area contributed by atoms with Gasteiger partial charge in [-0.2, -0.15) is 0 Å². The molecule has 0 aliphatic carbocycles. The van der Waals surface area contributed by atoms with Crippen molar-refractivity contribution >= 4 is 17.5 Å². The van der Waals surface area contributed by atoms with E-state index in [1.165, 1.54) is 0 Å². The molecular formula is C16H14O2S. The van der Waals surface area contributed by atoms with E-state index in [4.69, 9.17) is 4.74 Å². The number of ether oxygens (including phenoxy) is 1. The molecule has 0 saturated carbocycles. The molecule has 1 saturated heterocycles. The van der Waals surface area contributed by atoms with E-state index in [2.05, 4.69) is 12.1 Å². The number of rotatable bonds is 3. The van der Waals surface area contributed by atoms with E-state index in [-0.39, 0.29) is 17.1 Å². The normalized spacial score (nSPS) is 22.3. The maximum Gasteiger partial charge on any atom is 0.193 e. The minimum absolute atomic E-state index is 0.0689. The maximum absolute atomic E-state index is 12.5. The largest absolute Gasteiger partial charge is 0.358 e. The summed E-state index contributed by atoms with van der Waals surface area (Å²) in [5, 5.41) is 0.0916. The van der Waals surface area contributed by atoms with Gasteiger partial charge in [0.2, 0.25) is 0 Å². The smallest absolute Gasteiger partial charge is 0.193 e. The van der Waals surface area contributed by atoms with Gasteiger partial charge in [0.05, 0.1) is 11.2 Å². The summed E-state index contributed by atoms with van der Waals surface area (Å²) < 4.78 is 5.65. The number of hydrogen-bond acceptors (Lipinski definition) is 3. The van der Waals surface area contributed by atoms with Gasteiger partial charge in [-0.3, -0.25) is 4.79 Å². The molecule has 2 aromatic carbocycles. The summed E-state index contributed by atoms with van der Waals surface area (Å²) in [5.74, 6) is 0.641. The number of carbonyl (C=O) groups excluding carboxylic acids is 1. The zero-order chi connectivity index (χ0) is 13.1.